The predicted octanol–water partition coefficient (Wildman–Crippen LogP) is 2.53. The number of hydrogen-bond donors (Lipinski definition) is 1. The lowest BCUT2D eigenvalue weighted by molar-refractivity contribution is 0.0936. The Kier molecular flexibility index (Phi) is 4.05. The van der Waals surface area contributed by atoms with Crippen molar-refractivity contribution in [1.82, 2.24) is 24.3 Å². The standard InChI is InChI=1S/C21H20N6O/c28-21(18-14-27(15-23-18)17-5-2-1-3-6-17)24-16-8-11-26(13-16)20-19-7-4-10-25(19)12-9-22-20/h1-7,9-10,12,14-16H,8,11,13H2,(H,24,28)/t16-/m0/s1. The van der Waals surface area contributed by atoms with E-state index in [1.165, 1.54) is 0 Å². The Hall–Kier alpha value is -3.61. The van der Waals surface area contributed by atoms with Crippen molar-refractivity contribution in [2.24, 2.45) is 0 Å². The van der Waals surface area contributed by atoms with Crippen molar-refractivity contribution in [1.29, 1.82) is 0 Å². The molecule has 0 bridgehead atoms. The molecule has 0 aliphatic carbocycles. The summed E-state index contributed by atoms with van der Waals surface area (Å²) in [5.74, 6) is 0.813. The highest BCUT2D eigenvalue weighted by atomic mass is 16.2. The largest absolute Gasteiger partial charge is 0.353 e. The summed E-state index contributed by atoms with van der Waals surface area (Å²) in [4.78, 5) is 23.7. The molecule has 7 heteroatoms. The lowest BCUT2D eigenvalue weighted by Crippen LogP contribution is -2.37. The molecule has 140 valence electrons. The average Bonchev–Trinajstić information content (AvgIpc) is 3.48. The van der Waals surface area contributed by atoms with E-state index in [9.17, 15) is 4.79 Å². The Morgan fingerprint density at radius 1 is 1.07 bits per heavy atom. The Morgan fingerprint density at radius 3 is 2.86 bits per heavy atom. The highest BCUT2D eigenvalue weighted by molar-refractivity contribution is 5.92. The van der Waals surface area contributed by atoms with Gasteiger partial charge in [-0.3, -0.25) is 4.79 Å². The zero-order valence-electron chi connectivity index (χ0n) is 15.3. The molecule has 7 nitrogen and oxygen atoms in total. The van der Waals surface area contributed by atoms with Crippen LogP contribution in [-0.2, 0) is 0 Å². The van der Waals surface area contributed by atoms with Crippen molar-refractivity contribution in [2.45, 2.75) is 12.5 Å². The topological polar surface area (TPSA) is 67.5 Å². The van der Waals surface area contributed by atoms with Crippen LogP contribution in [0.4, 0.5) is 5.82 Å². The minimum Gasteiger partial charge on any atom is -0.353 e. The van der Waals surface area contributed by atoms with Crippen molar-refractivity contribution >= 4 is 17.2 Å². The molecule has 4 heterocycles. The fourth-order valence-corrected chi connectivity index (χ4v) is 3.71. The molecule has 1 atom stereocenters. The second kappa shape index (κ2) is 6.84. The third-order valence-corrected chi connectivity index (χ3v) is 5.12. The van der Waals surface area contributed by atoms with Crippen LogP contribution in [0.3, 0.4) is 0 Å². The van der Waals surface area contributed by atoms with E-state index in [1.807, 2.05) is 59.6 Å². The number of imidazole rings is 1. The molecule has 0 unspecified atom stereocenters. The molecule has 0 radical (unpaired) electrons. The van der Waals surface area contributed by atoms with E-state index in [1.54, 1.807) is 12.5 Å². The van der Waals surface area contributed by atoms with Gasteiger partial charge in [0.2, 0.25) is 0 Å². The number of carbonyl (C=O) groups is 1. The maximum absolute atomic E-state index is 12.6. The molecule has 5 rings (SSSR count). The summed E-state index contributed by atoms with van der Waals surface area (Å²) in [6.45, 7) is 1.60. The second-order valence-electron chi connectivity index (χ2n) is 6.96. The normalized spacial score (nSPS) is 16.6. The Balaban J connectivity index is 1.27. The van der Waals surface area contributed by atoms with E-state index >= 15 is 0 Å². The molecule has 1 aromatic carbocycles. The zero-order chi connectivity index (χ0) is 18.9. The number of nitrogens with one attached hydrogen (secondary N) is 1. The Morgan fingerprint density at radius 2 is 1.96 bits per heavy atom. The maximum atomic E-state index is 12.6. The van der Waals surface area contributed by atoms with Gasteiger partial charge >= 0.3 is 0 Å². The third kappa shape index (κ3) is 3.00. The number of para-hydroxylation sites is 1. The molecule has 4 aromatic rings. The van der Waals surface area contributed by atoms with Gasteiger partial charge in [0.1, 0.15) is 12.0 Å². The number of benzene rings is 1. The number of anilines is 1. The number of nitrogens with zero attached hydrogens (tertiary/aromatic N) is 5. The van der Waals surface area contributed by atoms with Gasteiger partial charge in [0.15, 0.2) is 5.82 Å². The molecule has 1 amide bonds. The highest BCUT2D eigenvalue weighted by Gasteiger charge is 2.27. The van der Waals surface area contributed by atoms with Crippen molar-refractivity contribution in [3.63, 3.8) is 0 Å². The Bertz CT molecular complexity index is 1120. The molecule has 28 heavy (non-hydrogen) atoms. The van der Waals surface area contributed by atoms with Gasteiger partial charge < -0.3 is 19.2 Å². The molecule has 1 aliphatic heterocycles. The quantitative estimate of drug-likeness (QED) is 0.598. The van der Waals surface area contributed by atoms with Crippen LogP contribution in [-0.4, -0.2) is 44.0 Å². The summed E-state index contributed by atoms with van der Waals surface area (Å²) < 4.78 is 3.91. The summed E-state index contributed by atoms with van der Waals surface area (Å²) in [7, 11) is 0. The molecule has 1 saturated heterocycles. The smallest absolute Gasteiger partial charge is 0.271 e. The zero-order valence-corrected chi connectivity index (χ0v) is 15.3. The number of amides is 1. The summed E-state index contributed by atoms with van der Waals surface area (Å²) in [6, 6.07) is 14.0. The van der Waals surface area contributed by atoms with Crippen molar-refractivity contribution in [3.05, 3.63) is 79.3 Å². The molecule has 0 saturated carbocycles. The number of hydrogen-bond acceptors (Lipinski definition) is 4. The Labute approximate surface area is 162 Å². The summed E-state index contributed by atoms with van der Waals surface area (Å²) in [6.07, 6.45) is 10.1. The monoisotopic (exact) mass is 372 g/mol. The van der Waals surface area contributed by atoms with Crippen LogP contribution in [0.2, 0.25) is 0 Å². The summed E-state index contributed by atoms with van der Waals surface area (Å²) >= 11 is 0. The maximum Gasteiger partial charge on any atom is 0.271 e. The second-order valence-corrected chi connectivity index (χ2v) is 6.96. The SMILES string of the molecule is O=C(N[C@H]1CCN(c2nccn3cccc23)C1)c1cn(-c2ccccc2)cn1. The first kappa shape index (κ1) is 16.6. The van der Waals surface area contributed by atoms with Crippen molar-refractivity contribution < 1.29 is 4.79 Å². The first-order chi connectivity index (χ1) is 13.8. The molecule has 0 spiro atoms. The van der Waals surface area contributed by atoms with Crippen LogP contribution < -0.4 is 10.2 Å². The van der Waals surface area contributed by atoms with Crippen LogP contribution in [0.15, 0.2) is 73.6 Å². The van der Waals surface area contributed by atoms with Gasteiger partial charge in [0, 0.05) is 49.6 Å². The fourth-order valence-electron chi connectivity index (χ4n) is 3.71. The molecule has 1 N–H and O–H groups in total. The van der Waals surface area contributed by atoms with E-state index in [2.05, 4.69) is 30.7 Å². The van der Waals surface area contributed by atoms with Gasteiger partial charge in [-0.15, -0.1) is 0 Å². The van der Waals surface area contributed by atoms with Crippen molar-refractivity contribution in [3.8, 4) is 5.69 Å². The first-order valence-electron chi connectivity index (χ1n) is 9.35. The van der Waals surface area contributed by atoms with E-state index in [0.717, 1.165) is 36.5 Å². The van der Waals surface area contributed by atoms with Gasteiger partial charge in [-0.05, 0) is 30.7 Å². The minimum atomic E-state index is -0.143. The van der Waals surface area contributed by atoms with Crippen LogP contribution in [0, 0.1) is 0 Å². The molecular formula is C21H20N6O. The number of rotatable bonds is 4. The van der Waals surface area contributed by atoms with Crippen LogP contribution in [0.25, 0.3) is 11.2 Å². The predicted molar refractivity (Wildman–Crippen MR) is 107 cm³/mol. The van der Waals surface area contributed by atoms with Gasteiger partial charge in [0.05, 0.1) is 5.52 Å². The third-order valence-electron chi connectivity index (χ3n) is 5.12. The molecule has 3 aromatic heterocycles. The van der Waals surface area contributed by atoms with Gasteiger partial charge in [0.25, 0.3) is 5.91 Å². The van der Waals surface area contributed by atoms with Gasteiger partial charge in [-0.25, -0.2) is 9.97 Å². The number of aromatic nitrogens is 4. The first-order valence-corrected chi connectivity index (χ1v) is 9.35. The summed E-state index contributed by atoms with van der Waals surface area (Å²) in [5, 5.41) is 3.11. The van der Waals surface area contributed by atoms with Crippen LogP contribution in [0.5, 0.6) is 0 Å². The molecule has 1 fully saturated rings. The lowest BCUT2D eigenvalue weighted by Gasteiger charge is -2.18. The van der Waals surface area contributed by atoms with E-state index in [-0.39, 0.29) is 11.9 Å². The molecule has 1 aliphatic rings. The van der Waals surface area contributed by atoms with Crippen molar-refractivity contribution in [2.75, 3.05) is 18.0 Å². The van der Waals surface area contributed by atoms with Gasteiger partial charge in [-0.2, -0.15) is 0 Å². The van der Waals surface area contributed by atoms with E-state index < -0.39 is 0 Å². The van der Waals surface area contributed by atoms with Crippen LogP contribution in [0.1, 0.15) is 16.9 Å². The fraction of sp³-hybridized carbons (Fsp3) is 0.190. The molecular weight excluding hydrogens is 352 g/mol. The van der Waals surface area contributed by atoms with Gasteiger partial charge in [-0.1, -0.05) is 18.2 Å². The number of fused-ring (bicyclic) bond motifs is 1. The summed E-state index contributed by atoms with van der Waals surface area (Å²) in [5.41, 5.74) is 2.48. The van der Waals surface area contributed by atoms with Crippen LogP contribution >= 0.6 is 0 Å². The van der Waals surface area contributed by atoms with E-state index in [4.69, 9.17) is 0 Å². The van der Waals surface area contributed by atoms with E-state index in [0.29, 0.717) is 5.69 Å². The average molecular weight is 372 g/mol. The lowest BCUT2D eigenvalue weighted by atomic mass is 10.2. The number of carbonyl (C=O) groups excluding carboxylic acids is 1. The highest BCUT2D eigenvalue weighted by Crippen LogP contribution is 2.23. The minimum absolute atomic E-state index is 0.0754.